The maximum atomic E-state index is 13.1. The lowest BCUT2D eigenvalue weighted by Crippen LogP contribution is -2.41. The Balaban J connectivity index is 0.00000245. The first-order valence-corrected chi connectivity index (χ1v) is 11.8. The normalized spacial score (nSPS) is 18.8. The van der Waals surface area contributed by atoms with Gasteiger partial charge in [-0.1, -0.05) is 24.3 Å². The molecule has 0 spiro atoms. The van der Waals surface area contributed by atoms with Crippen LogP contribution in [0, 0.1) is 19.8 Å². The zero-order chi connectivity index (χ0) is 21.4. The number of nitrogens with one attached hydrogen (secondary N) is 1. The van der Waals surface area contributed by atoms with Gasteiger partial charge in [-0.15, -0.1) is 12.4 Å². The predicted octanol–water partition coefficient (Wildman–Crippen LogP) is 5.16. The van der Waals surface area contributed by atoms with Crippen molar-refractivity contribution in [2.24, 2.45) is 5.92 Å². The van der Waals surface area contributed by atoms with E-state index in [-0.39, 0.29) is 18.3 Å². The van der Waals surface area contributed by atoms with Gasteiger partial charge in [0, 0.05) is 42.3 Å². The lowest BCUT2D eigenvalue weighted by atomic mass is 9.93. The monoisotopic (exact) mass is 451 g/mol. The molecule has 5 heteroatoms. The molecule has 0 saturated carbocycles. The van der Waals surface area contributed by atoms with Crippen LogP contribution in [0.3, 0.4) is 0 Å². The van der Waals surface area contributed by atoms with Crippen LogP contribution in [-0.4, -0.2) is 53.4 Å². The number of benzene rings is 2. The number of carbonyl (C=O) groups excluding carboxylic acids is 1. The van der Waals surface area contributed by atoms with Gasteiger partial charge in [0.1, 0.15) is 0 Å². The molecule has 1 atom stereocenters. The molecule has 3 heterocycles. The van der Waals surface area contributed by atoms with Gasteiger partial charge in [0.05, 0.1) is 0 Å². The fourth-order valence-corrected chi connectivity index (χ4v) is 5.39. The molecule has 1 aromatic heterocycles. The Hall–Kier alpha value is -2.30. The third-order valence-corrected chi connectivity index (χ3v) is 7.33. The van der Waals surface area contributed by atoms with Gasteiger partial charge < -0.3 is 14.8 Å². The Morgan fingerprint density at radius 3 is 2.78 bits per heavy atom. The highest BCUT2D eigenvalue weighted by Crippen LogP contribution is 2.26. The Kier molecular flexibility index (Phi) is 6.92. The number of para-hydroxylation sites is 1. The van der Waals surface area contributed by atoms with E-state index >= 15 is 0 Å². The molecule has 1 N–H and O–H groups in total. The lowest BCUT2D eigenvalue weighted by Gasteiger charge is -2.31. The highest BCUT2D eigenvalue weighted by atomic mass is 35.5. The number of aromatic nitrogens is 1. The second-order valence-corrected chi connectivity index (χ2v) is 9.51. The van der Waals surface area contributed by atoms with E-state index < -0.39 is 0 Å². The summed E-state index contributed by atoms with van der Waals surface area (Å²) in [6, 6.07) is 12.9. The largest absolute Gasteiger partial charge is 0.361 e. The van der Waals surface area contributed by atoms with Gasteiger partial charge in [-0.2, -0.15) is 0 Å². The van der Waals surface area contributed by atoms with Crippen molar-refractivity contribution in [3.63, 3.8) is 0 Å². The number of amides is 1. The molecule has 0 aliphatic carbocycles. The first-order chi connectivity index (χ1) is 15.1. The third-order valence-electron chi connectivity index (χ3n) is 7.33. The summed E-state index contributed by atoms with van der Waals surface area (Å²) in [5.74, 6) is 0.840. The van der Waals surface area contributed by atoms with Crippen molar-refractivity contribution in [1.29, 1.82) is 0 Å². The van der Waals surface area contributed by atoms with Crippen LogP contribution in [0.15, 0.2) is 42.6 Å². The van der Waals surface area contributed by atoms with E-state index in [0.29, 0.717) is 5.92 Å². The first kappa shape index (κ1) is 22.9. The number of rotatable bonds is 6. The quantitative estimate of drug-likeness (QED) is 0.562. The van der Waals surface area contributed by atoms with Crippen LogP contribution >= 0.6 is 12.4 Å². The molecule has 2 aromatic carbocycles. The summed E-state index contributed by atoms with van der Waals surface area (Å²) in [4.78, 5) is 21.2. The van der Waals surface area contributed by atoms with Gasteiger partial charge in [0.15, 0.2) is 0 Å². The molecule has 4 nitrogen and oxygen atoms in total. The highest BCUT2D eigenvalue weighted by molar-refractivity contribution is 5.97. The molecular weight excluding hydrogens is 418 g/mol. The maximum Gasteiger partial charge on any atom is 0.254 e. The maximum absolute atomic E-state index is 13.1. The first-order valence-electron chi connectivity index (χ1n) is 11.8. The van der Waals surface area contributed by atoms with Gasteiger partial charge in [-0.25, -0.2) is 0 Å². The second kappa shape index (κ2) is 9.68. The summed E-state index contributed by atoms with van der Waals surface area (Å²) in [6.07, 6.45) is 6.66. The van der Waals surface area contributed by atoms with Crippen LogP contribution in [0.2, 0.25) is 0 Å². The van der Waals surface area contributed by atoms with E-state index in [0.717, 1.165) is 51.1 Å². The predicted molar refractivity (Wildman–Crippen MR) is 134 cm³/mol. The molecule has 0 bridgehead atoms. The average molecular weight is 452 g/mol. The van der Waals surface area contributed by atoms with Crippen molar-refractivity contribution >= 4 is 29.2 Å². The zero-order valence-electron chi connectivity index (χ0n) is 19.2. The number of halogens is 1. The highest BCUT2D eigenvalue weighted by Gasteiger charge is 2.30. The smallest absolute Gasteiger partial charge is 0.254 e. The molecule has 2 aliphatic rings. The Morgan fingerprint density at radius 2 is 1.91 bits per heavy atom. The summed E-state index contributed by atoms with van der Waals surface area (Å²) in [5, 5.41) is 1.36. The molecule has 3 aromatic rings. The van der Waals surface area contributed by atoms with Crippen LogP contribution < -0.4 is 0 Å². The van der Waals surface area contributed by atoms with Crippen LogP contribution in [0.5, 0.6) is 0 Å². The van der Waals surface area contributed by atoms with Crippen LogP contribution in [-0.2, 0) is 12.8 Å². The summed E-state index contributed by atoms with van der Waals surface area (Å²) in [7, 11) is 0. The van der Waals surface area contributed by atoms with Gasteiger partial charge >= 0.3 is 0 Å². The van der Waals surface area contributed by atoms with Crippen LogP contribution in [0.4, 0.5) is 0 Å². The number of fused-ring (bicyclic) bond motifs is 2. The fraction of sp³-hybridized carbons (Fsp3) is 0.444. The molecule has 1 fully saturated rings. The number of hydrogen-bond acceptors (Lipinski definition) is 2. The van der Waals surface area contributed by atoms with E-state index in [1.165, 1.54) is 46.0 Å². The van der Waals surface area contributed by atoms with Crippen molar-refractivity contribution in [2.75, 3.05) is 32.7 Å². The van der Waals surface area contributed by atoms with Gasteiger partial charge in [-0.3, -0.25) is 4.79 Å². The molecule has 32 heavy (non-hydrogen) atoms. The SMILES string of the molecule is Cc1cc2c(cc1C)C(=O)N(CC1CCN(CCCc3c[nH]c4ccccc34)C1)CC2.Cl. The van der Waals surface area contributed by atoms with Crippen molar-refractivity contribution in [1.82, 2.24) is 14.8 Å². The number of likely N-dealkylation sites (tertiary alicyclic amines) is 1. The molecule has 2 aliphatic heterocycles. The minimum atomic E-state index is 0. The van der Waals surface area contributed by atoms with Crippen LogP contribution in [0.1, 0.15) is 45.5 Å². The second-order valence-electron chi connectivity index (χ2n) is 9.51. The summed E-state index contributed by atoms with van der Waals surface area (Å²) in [6.45, 7) is 9.44. The molecule has 0 radical (unpaired) electrons. The van der Waals surface area contributed by atoms with E-state index in [1.807, 2.05) is 0 Å². The average Bonchev–Trinajstić information content (AvgIpc) is 3.39. The standard InChI is InChI=1S/C27H33N3O.ClH/c1-19-14-22-10-13-30(27(31)25(22)15-20(19)2)18-21-9-12-29(17-21)11-5-6-23-16-28-26-8-4-3-7-24(23)26;/h3-4,7-8,14-16,21,28H,5-6,9-13,17-18H2,1-2H3;1H. The molecule has 1 saturated heterocycles. The summed E-state index contributed by atoms with van der Waals surface area (Å²) >= 11 is 0. The van der Waals surface area contributed by atoms with E-state index in [4.69, 9.17) is 0 Å². The van der Waals surface area contributed by atoms with Crippen molar-refractivity contribution in [2.45, 2.75) is 39.5 Å². The summed E-state index contributed by atoms with van der Waals surface area (Å²) in [5.41, 5.74) is 7.33. The molecule has 1 unspecified atom stereocenters. The molecule has 1 amide bonds. The number of aromatic amines is 1. The fourth-order valence-electron chi connectivity index (χ4n) is 5.39. The molecule has 5 rings (SSSR count). The number of aryl methyl sites for hydroxylation is 3. The summed E-state index contributed by atoms with van der Waals surface area (Å²) < 4.78 is 0. The number of H-pyrrole nitrogens is 1. The zero-order valence-corrected chi connectivity index (χ0v) is 20.0. The minimum Gasteiger partial charge on any atom is -0.361 e. The van der Waals surface area contributed by atoms with Crippen LogP contribution in [0.25, 0.3) is 10.9 Å². The Morgan fingerprint density at radius 1 is 1.09 bits per heavy atom. The van der Waals surface area contributed by atoms with Gasteiger partial charge in [0.25, 0.3) is 5.91 Å². The van der Waals surface area contributed by atoms with Gasteiger partial charge in [0.2, 0.25) is 0 Å². The van der Waals surface area contributed by atoms with Crippen molar-refractivity contribution in [3.8, 4) is 0 Å². The lowest BCUT2D eigenvalue weighted by molar-refractivity contribution is 0.0712. The van der Waals surface area contributed by atoms with E-state index in [9.17, 15) is 4.79 Å². The van der Waals surface area contributed by atoms with E-state index in [2.05, 4.69) is 71.2 Å². The van der Waals surface area contributed by atoms with Crippen molar-refractivity contribution in [3.05, 3.63) is 70.4 Å². The molecule has 170 valence electrons. The number of hydrogen-bond donors (Lipinski definition) is 1. The minimum absolute atomic E-state index is 0. The number of nitrogens with zero attached hydrogens (tertiary/aromatic N) is 2. The third kappa shape index (κ3) is 4.57. The van der Waals surface area contributed by atoms with Crippen molar-refractivity contribution < 1.29 is 4.79 Å². The van der Waals surface area contributed by atoms with Gasteiger partial charge in [-0.05, 0) is 92.9 Å². The Labute approximate surface area is 197 Å². The molecular formula is C27H34ClN3O. The Bertz CT molecular complexity index is 1110. The topological polar surface area (TPSA) is 39.3 Å². The van der Waals surface area contributed by atoms with E-state index in [1.54, 1.807) is 0 Å². The number of carbonyl (C=O) groups is 1.